The first-order valence-electron chi connectivity index (χ1n) is 7.51. The molecule has 0 bridgehead atoms. The number of Topliss-reactive ketones (excluding diaryl/α,β-unsaturated/α-hetero) is 1. The second-order valence-corrected chi connectivity index (χ2v) is 6.22. The lowest BCUT2D eigenvalue weighted by Gasteiger charge is -2.03. The molecule has 4 nitrogen and oxygen atoms in total. The highest BCUT2D eigenvalue weighted by Gasteiger charge is 2.11. The first kappa shape index (κ1) is 15.5. The van der Waals surface area contributed by atoms with Crippen LogP contribution in [0.15, 0.2) is 48.0 Å². The van der Waals surface area contributed by atoms with E-state index in [-0.39, 0.29) is 18.4 Å². The number of thiophene rings is 1. The minimum atomic E-state index is -0.324. The van der Waals surface area contributed by atoms with Gasteiger partial charge in [-0.25, -0.2) is 0 Å². The van der Waals surface area contributed by atoms with Crippen molar-refractivity contribution in [3.63, 3.8) is 0 Å². The number of ether oxygens (including phenoxy) is 1. The van der Waals surface area contributed by atoms with Gasteiger partial charge in [-0.15, -0.1) is 11.3 Å². The maximum atomic E-state index is 11.7. The molecule has 0 amide bonds. The van der Waals surface area contributed by atoms with Gasteiger partial charge >= 0.3 is 5.97 Å². The van der Waals surface area contributed by atoms with Crippen LogP contribution in [0, 0.1) is 0 Å². The van der Waals surface area contributed by atoms with Gasteiger partial charge in [-0.1, -0.05) is 24.3 Å². The molecule has 0 fully saturated rings. The van der Waals surface area contributed by atoms with Gasteiger partial charge in [0, 0.05) is 23.5 Å². The molecular weight excluding hydrogens is 310 g/mol. The molecule has 2 heterocycles. The molecule has 3 aromatic rings. The highest BCUT2D eigenvalue weighted by Crippen LogP contribution is 2.19. The normalized spacial score (nSPS) is 10.8. The Morgan fingerprint density at radius 2 is 2.00 bits per heavy atom. The molecule has 0 aliphatic rings. The predicted octanol–water partition coefficient (Wildman–Crippen LogP) is 3.98. The van der Waals surface area contributed by atoms with E-state index in [0.717, 1.165) is 11.9 Å². The van der Waals surface area contributed by atoms with E-state index in [1.807, 2.05) is 29.8 Å². The van der Waals surface area contributed by atoms with E-state index in [4.69, 9.17) is 4.74 Å². The van der Waals surface area contributed by atoms with E-state index in [1.165, 1.54) is 22.3 Å². The molecule has 0 aliphatic carbocycles. The van der Waals surface area contributed by atoms with Crippen LogP contribution in [-0.4, -0.2) is 23.3 Å². The molecule has 3 rings (SSSR count). The third kappa shape index (κ3) is 3.87. The van der Waals surface area contributed by atoms with Crippen LogP contribution >= 0.6 is 11.3 Å². The number of carbonyl (C=O) groups is 2. The minimum absolute atomic E-state index is 0.148. The van der Waals surface area contributed by atoms with Crippen molar-refractivity contribution in [3.05, 3.63) is 58.4 Å². The molecule has 118 valence electrons. The minimum Gasteiger partial charge on any atom is -0.457 e. The molecule has 5 heteroatoms. The Labute approximate surface area is 138 Å². The zero-order valence-corrected chi connectivity index (χ0v) is 13.4. The summed E-state index contributed by atoms with van der Waals surface area (Å²) >= 11 is 1.36. The molecule has 0 saturated carbocycles. The number of hydrogen-bond donors (Lipinski definition) is 1. The molecule has 2 aromatic heterocycles. The van der Waals surface area contributed by atoms with Crippen LogP contribution in [0.25, 0.3) is 10.9 Å². The van der Waals surface area contributed by atoms with E-state index >= 15 is 0 Å². The van der Waals surface area contributed by atoms with Gasteiger partial charge in [0.2, 0.25) is 5.78 Å². The number of H-pyrrole nitrogens is 1. The first-order chi connectivity index (χ1) is 11.2. The molecule has 1 N–H and O–H groups in total. The van der Waals surface area contributed by atoms with Crippen LogP contribution in [0.4, 0.5) is 0 Å². The number of ketones is 1. The van der Waals surface area contributed by atoms with Gasteiger partial charge in [0.15, 0.2) is 6.61 Å². The summed E-state index contributed by atoms with van der Waals surface area (Å²) in [5.41, 5.74) is 2.30. The lowest BCUT2D eigenvalue weighted by molar-refractivity contribution is -0.142. The molecule has 0 radical (unpaired) electrons. The van der Waals surface area contributed by atoms with E-state index < -0.39 is 0 Å². The number of esters is 1. The Balaban J connectivity index is 1.43. The van der Waals surface area contributed by atoms with Crippen molar-refractivity contribution in [2.45, 2.75) is 19.3 Å². The van der Waals surface area contributed by atoms with Gasteiger partial charge < -0.3 is 9.72 Å². The maximum Gasteiger partial charge on any atom is 0.306 e. The van der Waals surface area contributed by atoms with Gasteiger partial charge in [0.1, 0.15) is 0 Å². The number of benzene rings is 1. The smallest absolute Gasteiger partial charge is 0.306 e. The number of fused-ring (bicyclic) bond motifs is 1. The van der Waals surface area contributed by atoms with Crippen LogP contribution in [0.5, 0.6) is 0 Å². The zero-order chi connectivity index (χ0) is 16.1. The number of aromatic nitrogens is 1. The van der Waals surface area contributed by atoms with E-state index in [1.54, 1.807) is 12.1 Å². The highest BCUT2D eigenvalue weighted by molar-refractivity contribution is 7.12. The summed E-state index contributed by atoms with van der Waals surface area (Å²) in [6, 6.07) is 11.6. The van der Waals surface area contributed by atoms with Gasteiger partial charge in [-0.3, -0.25) is 9.59 Å². The SMILES string of the molecule is O=C(CCCc1c[nH]c2ccccc12)OCC(=O)c1cccs1. The second kappa shape index (κ2) is 7.24. The van der Waals surface area contributed by atoms with Crippen LogP contribution < -0.4 is 0 Å². The molecule has 0 spiro atoms. The van der Waals surface area contributed by atoms with Gasteiger partial charge in [0.05, 0.1) is 4.88 Å². The zero-order valence-electron chi connectivity index (χ0n) is 12.6. The third-order valence-electron chi connectivity index (χ3n) is 3.66. The third-order valence-corrected chi connectivity index (χ3v) is 4.57. The Bertz CT molecular complexity index is 805. The fraction of sp³-hybridized carbons (Fsp3) is 0.222. The summed E-state index contributed by atoms with van der Waals surface area (Å²) < 4.78 is 5.04. The number of aromatic amines is 1. The monoisotopic (exact) mass is 327 g/mol. The lowest BCUT2D eigenvalue weighted by atomic mass is 10.1. The molecule has 0 atom stereocenters. The lowest BCUT2D eigenvalue weighted by Crippen LogP contribution is -2.13. The molecule has 1 aromatic carbocycles. The Kier molecular flexibility index (Phi) is 4.88. The number of hydrogen-bond acceptors (Lipinski definition) is 4. The molecule has 0 saturated heterocycles. The largest absolute Gasteiger partial charge is 0.457 e. The van der Waals surface area contributed by atoms with Crippen molar-refractivity contribution >= 4 is 34.0 Å². The predicted molar refractivity (Wildman–Crippen MR) is 90.8 cm³/mol. The second-order valence-electron chi connectivity index (χ2n) is 5.27. The number of nitrogens with one attached hydrogen (secondary N) is 1. The maximum absolute atomic E-state index is 11.7. The topological polar surface area (TPSA) is 59.2 Å². The summed E-state index contributed by atoms with van der Waals surface area (Å²) in [7, 11) is 0. The van der Waals surface area contributed by atoms with E-state index in [9.17, 15) is 9.59 Å². The first-order valence-corrected chi connectivity index (χ1v) is 8.39. The van der Waals surface area contributed by atoms with Crippen molar-refractivity contribution in [3.8, 4) is 0 Å². The van der Waals surface area contributed by atoms with Gasteiger partial charge in [-0.2, -0.15) is 0 Å². The van der Waals surface area contributed by atoms with Crippen molar-refractivity contribution in [1.82, 2.24) is 4.98 Å². The van der Waals surface area contributed by atoms with Crippen molar-refractivity contribution in [2.24, 2.45) is 0 Å². The van der Waals surface area contributed by atoms with E-state index in [2.05, 4.69) is 11.1 Å². The molecule has 23 heavy (non-hydrogen) atoms. The van der Waals surface area contributed by atoms with Crippen LogP contribution in [0.1, 0.15) is 28.1 Å². The van der Waals surface area contributed by atoms with Gasteiger partial charge in [-0.05, 0) is 35.9 Å². The number of para-hydroxylation sites is 1. The number of carbonyl (C=O) groups excluding carboxylic acids is 2. The van der Waals surface area contributed by atoms with E-state index in [0.29, 0.717) is 17.7 Å². The summed E-state index contributed by atoms with van der Waals surface area (Å²) in [6.45, 7) is -0.174. The average molecular weight is 327 g/mol. The molecular formula is C18H17NO3S. The Morgan fingerprint density at radius 3 is 2.83 bits per heavy atom. The van der Waals surface area contributed by atoms with Crippen molar-refractivity contribution in [1.29, 1.82) is 0 Å². The van der Waals surface area contributed by atoms with Crippen LogP contribution in [0.2, 0.25) is 0 Å². The average Bonchev–Trinajstić information content (AvgIpc) is 3.23. The Hall–Kier alpha value is -2.40. The quantitative estimate of drug-likeness (QED) is 0.527. The molecule has 0 unspecified atom stereocenters. The highest BCUT2D eigenvalue weighted by atomic mass is 32.1. The Morgan fingerprint density at radius 1 is 1.13 bits per heavy atom. The standard InChI is InChI=1S/C18H17NO3S/c20-16(17-8-4-10-23-17)12-22-18(21)9-3-5-13-11-19-15-7-2-1-6-14(13)15/h1-2,4,6-8,10-11,19H,3,5,9,12H2. The fourth-order valence-electron chi connectivity index (χ4n) is 2.49. The van der Waals surface area contributed by atoms with Crippen LogP contribution in [0.3, 0.4) is 0 Å². The van der Waals surface area contributed by atoms with Crippen LogP contribution in [-0.2, 0) is 16.0 Å². The number of aryl methyl sites for hydroxylation is 1. The summed E-state index contributed by atoms with van der Waals surface area (Å²) in [6.07, 6.45) is 3.80. The number of rotatable bonds is 7. The van der Waals surface area contributed by atoms with Crippen molar-refractivity contribution < 1.29 is 14.3 Å². The summed E-state index contributed by atoms with van der Waals surface area (Å²) in [5, 5.41) is 3.02. The van der Waals surface area contributed by atoms with Gasteiger partial charge in [0.25, 0.3) is 0 Å². The molecule has 0 aliphatic heterocycles. The summed E-state index contributed by atoms with van der Waals surface area (Å²) in [5.74, 6) is -0.472. The van der Waals surface area contributed by atoms with Crippen molar-refractivity contribution in [2.75, 3.05) is 6.61 Å². The fourth-order valence-corrected chi connectivity index (χ4v) is 3.14. The summed E-state index contributed by atoms with van der Waals surface area (Å²) in [4.78, 5) is 27.3.